The van der Waals surface area contributed by atoms with Gasteiger partial charge in [-0.1, -0.05) is 24.6 Å². The van der Waals surface area contributed by atoms with Gasteiger partial charge in [-0.25, -0.2) is 4.79 Å². The molecule has 168 valence electrons. The van der Waals surface area contributed by atoms with Gasteiger partial charge in [0.1, 0.15) is 0 Å². The highest BCUT2D eigenvalue weighted by atomic mass is 16.2. The van der Waals surface area contributed by atoms with Gasteiger partial charge in [0.05, 0.1) is 0 Å². The van der Waals surface area contributed by atoms with Crippen LogP contribution in [0.5, 0.6) is 0 Å². The fraction of sp³-hybridized carbons (Fsp3) is 0.440. The maximum Gasteiger partial charge on any atom is 0.319 e. The number of hydrogen-bond donors (Lipinski definition) is 2. The zero-order valence-electron chi connectivity index (χ0n) is 19.8. The Labute approximate surface area is 186 Å². The van der Waals surface area contributed by atoms with Gasteiger partial charge >= 0.3 is 6.03 Å². The van der Waals surface area contributed by atoms with Crippen LogP contribution >= 0.6 is 0 Å². The van der Waals surface area contributed by atoms with Crippen molar-refractivity contribution in [3.8, 4) is 0 Å². The third-order valence-corrected chi connectivity index (χ3v) is 5.23. The summed E-state index contributed by atoms with van der Waals surface area (Å²) in [7, 11) is 3.96. The molecule has 6 nitrogen and oxygen atoms in total. The molecule has 0 aliphatic heterocycles. The molecule has 0 aliphatic rings. The van der Waals surface area contributed by atoms with Crippen LogP contribution < -0.4 is 15.5 Å². The van der Waals surface area contributed by atoms with E-state index in [0.717, 1.165) is 23.2 Å². The van der Waals surface area contributed by atoms with Crippen molar-refractivity contribution in [2.75, 3.05) is 24.3 Å². The van der Waals surface area contributed by atoms with E-state index in [-0.39, 0.29) is 24.0 Å². The van der Waals surface area contributed by atoms with Gasteiger partial charge in [-0.05, 0) is 70.0 Å². The van der Waals surface area contributed by atoms with Crippen molar-refractivity contribution in [2.24, 2.45) is 0 Å². The van der Waals surface area contributed by atoms with Gasteiger partial charge in [-0.3, -0.25) is 4.79 Å². The molecule has 2 rings (SSSR count). The van der Waals surface area contributed by atoms with E-state index in [1.807, 2.05) is 87.1 Å². The number of nitrogens with zero attached hydrogens (tertiary/aromatic N) is 2. The summed E-state index contributed by atoms with van der Waals surface area (Å²) < 4.78 is 0. The van der Waals surface area contributed by atoms with Crippen LogP contribution in [0.1, 0.15) is 55.6 Å². The average molecular weight is 425 g/mol. The van der Waals surface area contributed by atoms with E-state index in [1.165, 1.54) is 0 Å². The van der Waals surface area contributed by atoms with Crippen molar-refractivity contribution < 1.29 is 9.59 Å². The summed E-state index contributed by atoms with van der Waals surface area (Å²) in [6.45, 7) is 10.4. The molecule has 0 bridgehead atoms. The SMILES string of the molecule is CCC(C)N(Cc1cc(NC(=O)NC(C)C)ccc1N(C)C)C(=O)c1cccc(C)c1. The lowest BCUT2D eigenvalue weighted by Crippen LogP contribution is -2.38. The van der Waals surface area contributed by atoms with Gasteiger partial charge in [0, 0.05) is 49.7 Å². The summed E-state index contributed by atoms with van der Waals surface area (Å²) in [6.07, 6.45) is 0.851. The van der Waals surface area contributed by atoms with Crippen LogP contribution in [-0.4, -0.2) is 43.0 Å². The Balaban J connectivity index is 2.38. The molecule has 0 fully saturated rings. The molecule has 0 saturated carbocycles. The van der Waals surface area contributed by atoms with Crippen LogP contribution in [0, 0.1) is 6.92 Å². The second kappa shape index (κ2) is 10.8. The highest BCUT2D eigenvalue weighted by molar-refractivity contribution is 5.95. The Bertz CT molecular complexity index is 908. The largest absolute Gasteiger partial charge is 0.377 e. The van der Waals surface area contributed by atoms with Crippen LogP contribution in [-0.2, 0) is 6.54 Å². The van der Waals surface area contributed by atoms with Crippen LogP contribution in [0.4, 0.5) is 16.2 Å². The Morgan fingerprint density at radius 2 is 1.74 bits per heavy atom. The van der Waals surface area contributed by atoms with E-state index in [4.69, 9.17) is 0 Å². The molecular formula is C25H36N4O2. The van der Waals surface area contributed by atoms with Crippen LogP contribution in [0.2, 0.25) is 0 Å². The summed E-state index contributed by atoms with van der Waals surface area (Å²) in [6, 6.07) is 13.4. The lowest BCUT2D eigenvalue weighted by atomic mass is 10.1. The number of aryl methyl sites for hydroxylation is 1. The van der Waals surface area contributed by atoms with E-state index in [1.54, 1.807) is 0 Å². The van der Waals surface area contributed by atoms with Crippen molar-refractivity contribution in [3.05, 3.63) is 59.2 Å². The standard InChI is InChI=1S/C25H36N4O2/c1-8-19(5)29(24(30)20-11-9-10-18(4)14-20)16-21-15-22(12-13-23(21)28(6)7)27-25(31)26-17(2)3/h9-15,17,19H,8,16H2,1-7H3,(H2,26,27,31). The number of carbonyl (C=O) groups is 2. The Hall–Kier alpha value is -3.02. The summed E-state index contributed by atoms with van der Waals surface area (Å²) in [4.78, 5) is 29.5. The van der Waals surface area contributed by atoms with E-state index >= 15 is 0 Å². The van der Waals surface area contributed by atoms with Crippen LogP contribution in [0.25, 0.3) is 0 Å². The smallest absolute Gasteiger partial charge is 0.319 e. The Morgan fingerprint density at radius 1 is 1.03 bits per heavy atom. The number of carbonyl (C=O) groups excluding carboxylic acids is 2. The Kier molecular flexibility index (Phi) is 8.48. The van der Waals surface area contributed by atoms with Crippen molar-refractivity contribution in [1.82, 2.24) is 10.2 Å². The first kappa shape index (κ1) is 24.3. The van der Waals surface area contributed by atoms with E-state index in [0.29, 0.717) is 17.8 Å². The summed E-state index contributed by atoms with van der Waals surface area (Å²) in [5.74, 6) is 0.0127. The molecule has 0 aliphatic carbocycles. The highest BCUT2D eigenvalue weighted by Gasteiger charge is 2.23. The maximum atomic E-state index is 13.4. The zero-order chi connectivity index (χ0) is 23.1. The minimum Gasteiger partial charge on any atom is -0.377 e. The minimum atomic E-state index is -0.242. The molecule has 1 atom stereocenters. The number of nitrogens with one attached hydrogen (secondary N) is 2. The number of hydrogen-bond acceptors (Lipinski definition) is 3. The molecular weight excluding hydrogens is 388 g/mol. The molecule has 0 spiro atoms. The van der Waals surface area contributed by atoms with Gasteiger partial charge in [0.25, 0.3) is 5.91 Å². The molecule has 0 radical (unpaired) electrons. The van der Waals surface area contributed by atoms with Crippen molar-refractivity contribution in [3.63, 3.8) is 0 Å². The number of rotatable bonds is 8. The summed E-state index contributed by atoms with van der Waals surface area (Å²) >= 11 is 0. The predicted molar refractivity (Wildman–Crippen MR) is 129 cm³/mol. The van der Waals surface area contributed by atoms with Gasteiger partial charge in [0.15, 0.2) is 0 Å². The molecule has 1 unspecified atom stereocenters. The van der Waals surface area contributed by atoms with Crippen molar-refractivity contribution in [1.29, 1.82) is 0 Å². The van der Waals surface area contributed by atoms with Crippen molar-refractivity contribution in [2.45, 2.75) is 59.7 Å². The number of urea groups is 1. The molecule has 3 amide bonds. The Morgan fingerprint density at radius 3 is 2.32 bits per heavy atom. The second-order valence-corrected chi connectivity index (χ2v) is 8.55. The molecule has 6 heteroatoms. The number of benzene rings is 2. The monoisotopic (exact) mass is 424 g/mol. The summed E-state index contributed by atoms with van der Waals surface area (Å²) in [5.41, 5.74) is 4.45. The topological polar surface area (TPSA) is 64.7 Å². The minimum absolute atomic E-state index is 0.0127. The molecule has 2 N–H and O–H groups in total. The molecule has 0 saturated heterocycles. The van der Waals surface area contributed by atoms with Gasteiger partial charge in [-0.15, -0.1) is 0 Å². The summed E-state index contributed by atoms with van der Waals surface area (Å²) in [5, 5.41) is 5.73. The first-order chi connectivity index (χ1) is 14.6. The third-order valence-electron chi connectivity index (χ3n) is 5.23. The average Bonchev–Trinajstić information content (AvgIpc) is 2.70. The quantitative estimate of drug-likeness (QED) is 0.624. The van der Waals surface area contributed by atoms with Crippen molar-refractivity contribution >= 4 is 23.3 Å². The molecule has 0 aromatic heterocycles. The first-order valence-electron chi connectivity index (χ1n) is 10.9. The molecule has 2 aromatic carbocycles. The fourth-order valence-electron chi connectivity index (χ4n) is 3.43. The second-order valence-electron chi connectivity index (χ2n) is 8.55. The molecule has 2 aromatic rings. The number of amides is 3. The predicted octanol–water partition coefficient (Wildman–Crippen LogP) is 5.03. The highest BCUT2D eigenvalue weighted by Crippen LogP contribution is 2.26. The number of anilines is 2. The van der Waals surface area contributed by atoms with Crippen LogP contribution in [0.15, 0.2) is 42.5 Å². The van der Waals surface area contributed by atoms with E-state index < -0.39 is 0 Å². The van der Waals surface area contributed by atoms with E-state index in [2.05, 4.69) is 24.5 Å². The third kappa shape index (κ3) is 6.74. The van der Waals surface area contributed by atoms with Gasteiger partial charge < -0.3 is 20.4 Å². The van der Waals surface area contributed by atoms with Gasteiger partial charge in [0.2, 0.25) is 0 Å². The van der Waals surface area contributed by atoms with E-state index in [9.17, 15) is 9.59 Å². The lowest BCUT2D eigenvalue weighted by Gasteiger charge is -2.31. The fourth-order valence-corrected chi connectivity index (χ4v) is 3.43. The normalized spacial score (nSPS) is 11.7. The molecule has 31 heavy (non-hydrogen) atoms. The lowest BCUT2D eigenvalue weighted by molar-refractivity contribution is 0.0671. The maximum absolute atomic E-state index is 13.4. The van der Waals surface area contributed by atoms with Crippen LogP contribution in [0.3, 0.4) is 0 Å². The first-order valence-corrected chi connectivity index (χ1v) is 10.9. The zero-order valence-corrected chi connectivity index (χ0v) is 19.8. The van der Waals surface area contributed by atoms with Gasteiger partial charge in [-0.2, -0.15) is 0 Å². The molecule has 0 heterocycles.